The second-order valence-electron chi connectivity index (χ2n) is 1.90. The van der Waals surface area contributed by atoms with E-state index in [1.165, 1.54) is 12.2 Å². The first-order valence-corrected chi connectivity index (χ1v) is 2.69. The van der Waals surface area contributed by atoms with Gasteiger partial charge in [0.15, 0.2) is 5.78 Å². The summed E-state index contributed by atoms with van der Waals surface area (Å²) in [5.74, 6) is -0.245. The van der Waals surface area contributed by atoms with E-state index in [2.05, 4.69) is 4.58 Å². The predicted molar refractivity (Wildman–Crippen MR) is 31.5 cm³/mol. The van der Waals surface area contributed by atoms with E-state index in [1.54, 1.807) is 0 Å². The van der Waals surface area contributed by atoms with Crippen molar-refractivity contribution in [2.24, 2.45) is 0 Å². The Morgan fingerprint density at radius 1 is 1.60 bits per heavy atom. The topological polar surface area (TPSA) is 75.3 Å². The second kappa shape index (κ2) is 2.43. The molecule has 0 aromatic rings. The van der Waals surface area contributed by atoms with Crippen LogP contribution in [-0.2, 0) is 9.37 Å². The molecule has 0 spiro atoms. The molecule has 0 fully saturated rings. The summed E-state index contributed by atoms with van der Waals surface area (Å²) in [4.78, 5) is 10.5. The third kappa shape index (κ3) is 1.10. The first-order chi connectivity index (χ1) is 4.74. The molecule has 0 atom stereocenters. The Morgan fingerprint density at radius 3 is 2.80 bits per heavy atom. The van der Waals surface area contributed by atoms with Crippen LogP contribution in [0.5, 0.6) is 0 Å². The Hall–Kier alpha value is -1.45. The maximum Gasteiger partial charge on any atom is 0.397 e. The zero-order valence-electron chi connectivity index (χ0n) is 5.09. The van der Waals surface area contributed by atoms with Crippen LogP contribution < -0.4 is 5.26 Å². The van der Waals surface area contributed by atoms with Crippen LogP contribution in [0.4, 0.5) is 0 Å². The molecule has 10 heavy (non-hydrogen) atoms. The summed E-state index contributed by atoms with van der Waals surface area (Å²) >= 11 is 0. The lowest BCUT2D eigenvalue weighted by atomic mass is 10.0. The third-order valence-electron chi connectivity index (χ3n) is 1.16. The molecule has 0 amide bonds. The lowest BCUT2D eigenvalue weighted by molar-refractivity contribution is -1.05. The highest BCUT2D eigenvalue weighted by atomic mass is 17.1. The van der Waals surface area contributed by atoms with Crippen LogP contribution in [0.15, 0.2) is 12.2 Å². The van der Waals surface area contributed by atoms with Gasteiger partial charge in [0.25, 0.3) is 0 Å². The molecule has 0 bridgehead atoms. The van der Waals surface area contributed by atoms with E-state index in [0.717, 1.165) is 0 Å². The molecule has 52 valence electrons. The van der Waals surface area contributed by atoms with Crippen molar-refractivity contribution >= 4 is 17.3 Å². The highest BCUT2D eigenvalue weighted by molar-refractivity contribution is 6.48. The van der Waals surface area contributed by atoms with E-state index in [1.807, 2.05) is 0 Å². The number of carbonyl (C=O) groups excluding carboxylic acids is 2. The molecule has 0 radical (unpaired) electrons. The molecule has 1 aliphatic rings. The maximum absolute atomic E-state index is 10.5. The number of ketones is 2. The van der Waals surface area contributed by atoms with Gasteiger partial charge < -0.3 is 5.26 Å². The van der Waals surface area contributed by atoms with Crippen LogP contribution in [0.2, 0.25) is 0 Å². The van der Waals surface area contributed by atoms with Gasteiger partial charge in [-0.1, -0.05) is 0 Å². The van der Waals surface area contributed by atoms with Crippen LogP contribution in [0.25, 0.3) is 0 Å². The van der Waals surface area contributed by atoms with Crippen molar-refractivity contribution in [3.63, 3.8) is 0 Å². The Kier molecular flexibility index (Phi) is 1.62. The molecule has 0 saturated heterocycles. The maximum atomic E-state index is 10.5. The Balaban J connectivity index is 2.93. The molecular weight excluding hydrogens is 134 g/mol. The molecule has 0 aliphatic heterocycles. The van der Waals surface area contributed by atoms with Crippen LogP contribution in [0.1, 0.15) is 6.42 Å². The fourth-order valence-electron chi connectivity index (χ4n) is 0.668. The third-order valence-corrected chi connectivity index (χ3v) is 1.16. The van der Waals surface area contributed by atoms with Gasteiger partial charge in [0.2, 0.25) is 0 Å². The molecule has 0 heterocycles. The van der Waals surface area contributed by atoms with Crippen molar-refractivity contribution in [3.05, 3.63) is 12.2 Å². The molecule has 1 N–H and O–H groups in total. The summed E-state index contributed by atoms with van der Waals surface area (Å²) < 4.78 is 3.55. The number of carbonyl (C=O) groups is 1. The zero-order valence-corrected chi connectivity index (χ0v) is 5.09. The van der Waals surface area contributed by atoms with Gasteiger partial charge in [-0.05, 0) is 6.08 Å². The van der Waals surface area contributed by atoms with Crippen molar-refractivity contribution in [2.45, 2.75) is 6.42 Å². The zero-order chi connectivity index (χ0) is 7.56. The van der Waals surface area contributed by atoms with Gasteiger partial charge in [-0.25, -0.2) is 0 Å². The smallest absolute Gasteiger partial charge is 0.397 e. The number of nitrogens with one attached hydrogen (secondary N) is 1. The van der Waals surface area contributed by atoms with Crippen molar-refractivity contribution in [3.8, 4) is 0 Å². The van der Waals surface area contributed by atoms with Gasteiger partial charge in [-0.2, -0.15) is 4.58 Å². The van der Waals surface area contributed by atoms with E-state index < -0.39 is 0 Å². The summed E-state index contributed by atoms with van der Waals surface area (Å²) in [7, 11) is 0. The average molecular weight is 139 g/mol. The Morgan fingerprint density at radius 2 is 2.30 bits per heavy atom. The number of hydrogen-bond acceptors (Lipinski definition) is 3. The Labute approximate surface area is 56.9 Å². The largest absolute Gasteiger partial charge is 0.462 e. The highest BCUT2D eigenvalue weighted by Crippen LogP contribution is 1.98. The predicted octanol–water partition coefficient (Wildman–Crippen LogP) is -1.08. The van der Waals surface area contributed by atoms with Crippen LogP contribution in [-0.4, -0.2) is 17.3 Å². The van der Waals surface area contributed by atoms with Crippen molar-refractivity contribution in [1.82, 2.24) is 0 Å². The van der Waals surface area contributed by atoms with Gasteiger partial charge in [0.05, 0.1) is 12.5 Å². The molecule has 4 heteroatoms. The standard InChI is InChI=1S/C6H5NO3/c7-5-3-4(8)1-2-6(5)10-9/h1-2,7H,3H2. The lowest BCUT2D eigenvalue weighted by Gasteiger charge is -1.96. The van der Waals surface area contributed by atoms with Gasteiger partial charge >= 0.3 is 5.78 Å². The van der Waals surface area contributed by atoms with E-state index >= 15 is 0 Å². The fourth-order valence-corrected chi connectivity index (χ4v) is 0.668. The molecule has 0 unspecified atom stereocenters. The fraction of sp³-hybridized carbons (Fsp3) is 0.167. The summed E-state index contributed by atoms with van der Waals surface area (Å²) in [6, 6.07) is 0. The number of allylic oxidation sites excluding steroid dienone is 2. The van der Waals surface area contributed by atoms with Crippen LogP contribution in [0, 0.1) is 5.41 Å². The van der Waals surface area contributed by atoms with E-state index in [-0.39, 0.29) is 23.7 Å². The minimum Gasteiger partial charge on any atom is -0.462 e. The average Bonchev–Trinajstić information content (AvgIpc) is 1.88. The SMILES string of the molecule is N=C1CC(=O)C=CC1=[O+][O-]. The minimum absolute atomic E-state index is 0.0337. The minimum atomic E-state index is -0.175. The molecule has 1 rings (SSSR count). The quantitative estimate of drug-likeness (QED) is 0.263. The van der Waals surface area contributed by atoms with Crippen molar-refractivity contribution < 1.29 is 14.6 Å². The first-order valence-electron chi connectivity index (χ1n) is 2.69. The number of hydrogen-bond donors (Lipinski definition) is 1. The summed E-state index contributed by atoms with van der Waals surface area (Å²) in [6.07, 6.45) is 2.40. The van der Waals surface area contributed by atoms with Crippen molar-refractivity contribution in [2.75, 3.05) is 0 Å². The highest BCUT2D eigenvalue weighted by Gasteiger charge is 2.22. The molecule has 0 aromatic carbocycles. The molecule has 4 nitrogen and oxygen atoms in total. The van der Waals surface area contributed by atoms with E-state index in [0.29, 0.717) is 0 Å². The molecule has 1 aliphatic carbocycles. The van der Waals surface area contributed by atoms with Crippen molar-refractivity contribution in [1.29, 1.82) is 5.41 Å². The summed E-state index contributed by atoms with van der Waals surface area (Å²) in [6.45, 7) is 0. The molecular formula is C6H5NO3. The Bertz CT molecular complexity index is 239. The van der Waals surface area contributed by atoms with Crippen LogP contribution in [0.3, 0.4) is 0 Å². The monoisotopic (exact) mass is 139 g/mol. The van der Waals surface area contributed by atoms with Gasteiger partial charge in [0, 0.05) is 0 Å². The summed E-state index contributed by atoms with van der Waals surface area (Å²) in [5.41, 5.74) is -0.0532. The van der Waals surface area contributed by atoms with Crippen LogP contribution >= 0.6 is 0 Å². The van der Waals surface area contributed by atoms with Gasteiger partial charge in [-0.3, -0.25) is 10.2 Å². The molecule has 0 saturated carbocycles. The van der Waals surface area contributed by atoms with Gasteiger partial charge in [0.1, 0.15) is 5.71 Å². The molecule has 0 aromatic heterocycles. The van der Waals surface area contributed by atoms with E-state index in [4.69, 9.17) is 5.41 Å². The van der Waals surface area contributed by atoms with E-state index in [9.17, 15) is 10.1 Å². The number of rotatable bonds is 0. The normalized spacial score (nSPS) is 22.2. The van der Waals surface area contributed by atoms with Gasteiger partial charge in [-0.15, -0.1) is 0 Å². The second-order valence-corrected chi connectivity index (χ2v) is 1.90. The lowest BCUT2D eigenvalue weighted by Crippen LogP contribution is -2.23. The first kappa shape index (κ1) is 6.67. The summed E-state index contributed by atoms with van der Waals surface area (Å²) in [5, 5.41) is 16.8.